The molecule has 0 spiro atoms. The Morgan fingerprint density at radius 1 is 1.06 bits per heavy atom. The van der Waals surface area contributed by atoms with E-state index in [1.165, 1.54) is 19.1 Å². The Morgan fingerprint density at radius 3 is 2.23 bits per heavy atom. The second kappa shape index (κ2) is 8.37. The lowest BCUT2D eigenvalue weighted by atomic mass is 9.70. The Bertz CT molecular complexity index is 1230. The van der Waals surface area contributed by atoms with Crippen LogP contribution < -0.4 is 5.73 Å². The molecule has 2 aromatic rings. The van der Waals surface area contributed by atoms with Crippen molar-refractivity contribution in [3.63, 3.8) is 0 Å². The van der Waals surface area contributed by atoms with Crippen molar-refractivity contribution in [2.75, 3.05) is 6.61 Å². The van der Waals surface area contributed by atoms with Crippen LogP contribution in [0.1, 0.15) is 68.8 Å². The van der Waals surface area contributed by atoms with Crippen molar-refractivity contribution in [3.8, 4) is 11.5 Å². The molecular weight excluding hydrogens is 458 g/mol. The van der Waals surface area contributed by atoms with Crippen molar-refractivity contribution >= 4 is 11.6 Å². The summed E-state index contributed by atoms with van der Waals surface area (Å²) in [6, 6.07) is 6.15. The van der Waals surface area contributed by atoms with Crippen LogP contribution in [0.2, 0.25) is 0 Å². The van der Waals surface area contributed by atoms with Crippen LogP contribution in [0.3, 0.4) is 0 Å². The second-order valence-corrected chi connectivity index (χ2v) is 9.59. The van der Waals surface area contributed by atoms with Crippen molar-refractivity contribution in [2.24, 2.45) is 5.73 Å². The zero-order valence-electron chi connectivity index (χ0n) is 19.0. The summed E-state index contributed by atoms with van der Waals surface area (Å²) in [5, 5.41) is 52.8. The summed E-state index contributed by atoms with van der Waals surface area (Å²) in [5.74, 6) is -2.22. The lowest BCUT2D eigenvalue weighted by Crippen LogP contribution is -2.55. The number of aliphatic hydroxyl groups excluding tert-OH is 3. The van der Waals surface area contributed by atoms with Crippen LogP contribution in [0.4, 0.5) is 0 Å². The van der Waals surface area contributed by atoms with Crippen LogP contribution in [0.5, 0.6) is 11.5 Å². The molecule has 0 bridgehead atoms. The SMILES string of the molecule is C[C@H](O)[C@]1(N)Cc2c(O)c3c(c(O)c2[C@@H](O[C@@H]2C[C@H](O)[C@H](O)CO2)C1)C(=O)c1ccccc1C3=O. The highest BCUT2D eigenvalue weighted by atomic mass is 16.7. The number of carbonyl (C=O) groups is 2. The fourth-order valence-electron chi connectivity index (χ4n) is 5.21. The highest BCUT2D eigenvalue weighted by Crippen LogP contribution is 2.51. The van der Waals surface area contributed by atoms with Gasteiger partial charge in [0, 0.05) is 34.2 Å². The molecule has 1 heterocycles. The third-order valence-electron chi connectivity index (χ3n) is 7.33. The van der Waals surface area contributed by atoms with Crippen molar-refractivity contribution in [3.05, 3.63) is 57.6 Å². The normalized spacial score (nSPS) is 30.9. The van der Waals surface area contributed by atoms with Crippen LogP contribution >= 0.6 is 0 Å². The second-order valence-electron chi connectivity index (χ2n) is 9.59. The van der Waals surface area contributed by atoms with E-state index >= 15 is 0 Å². The molecule has 10 nitrogen and oxygen atoms in total. The summed E-state index contributed by atoms with van der Waals surface area (Å²) in [7, 11) is 0. The smallest absolute Gasteiger partial charge is 0.198 e. The molecule has 2 aliphatic carbocycles. The van der Waals surface area contributed by atoms with E-state index in [0.29, 0.717) is 0 Å². The average molecular weight is 485 g/mol. The summed E-state index contributed by atoms with van der Waals surface area (Å²) < 4.78 is 11.5. The Hall–Kier alpha value is -2.86. The minimum atomic E-state index is -1.30. The number of nitrogens with two attached hydrogens (primary N) is 1. The minimum Gasteiger partial charge on any atom is -0.507 e. The molecule has 2 aromatic carbocycles. The highest BCUT2D eigenvalue weighted by Gasteiger charge is 2.47. The number of aromatic hydroxyl groups is 2. The number of hydrogen-bond acceptors (Lipinski definition) is 10. The van der Waals surface area contributed by atoms with Crippen LogP contribution in [0.25, 0.3) is 0 Å². The van der Waals surface area contributed by atoms with Crippen molar-refractivity contribution < 1.29 is 44.6 Å². The number of fused-ring (bicyclic) bond motifs is 3. The van der Waals surface area contributed by atoms with Gasteiger partial charge in [0.15, 0.2) is 17.9 Å². The number of rotatable bonds is 3. The van der Waals surface area contributed by atoms with Gasteiger partial charge in [-0.05, 0) is 19.8 Å². The standard InChI is InChI=1S/C25H27NO9/c1-10(27)25(26)7-13-18(16(8-25)35-17-6-14(28)15(29)9-34-17)24(33)20-19(23(13)32)21(30)11-4-2-3-5-12(11)22(20)31/h2-5,10,14-17,27-29,32-33H,6-9,26H2,1H3/t10-,14-,15+,16-,17+,25-/m0/s1. The third-order valence-corrected chi connectivity index (χ3v) is 7.33. The maximum atomic E-state index is 13.3. The van der Waals surface area contributed by atoms with Gasteiger partial charge >= 0.3 is 0 Å². The van der Waals surface area contributed by atoms with Gasteiger partial charge < -0.3 is 40.7 Å². The number of benzene rings is 2. The minimum absolute atomic E-state index is 0.0132. The number of hydrogen-bond donors (Lipinski definition) is 6. The molecule has 186 valence electrons. The average Bonchev–Trinajstić information content (AvgIpc) is 2.82. The molecule has 1 aliphatic heterocycles. The number of ketones is 2. The lowest BCUT2D eigenvalue weighted by Gasteiger charge is -2.43. The molecule has 6 atom stereocenters. The number of phenols is 2. The van der Waals surface area contributed by atoms with Gasteiger partial charge in [-0.15, -0.1) is 0 Å². The first-order valence-electron chi connectivity index (χ1n) is 11.4. The molecule has 3 aliphatic rings. The largest absolute Gasteiger partial charge is 0.507 e. The Kier molecular flexibility index (Phi) is 5.71. The van der Waals surface area contributed by atoms with Gasteiger partial charge in [-0.3, -0.25) is 9.59 Å². The van der Waals surface area contributed by atoms with Gasteiger partial charge in [-0.1, -0.05) is 24.3 Å². The van der Waals surface area contributed by atoms with E-state index in [1.807, 2.05) is 0 Å². The molecule has 0 aromatic heterocycles. The van der Waals surface area contributed by atoms with Crippen LogP contribution in [0.15, 0.2) is 24.3 Å². The monoisotopic (exact) mass is 485 g/mol. The zero-order valence-corrected chi connectivity index (χ0v) is 19.0. The van der Waals surface area contributed by atoms with Gasteiger partial charge in [0.05, 0.1) is 36.0 Å². The summed E-state index contributed by atoms with van der Waals surface area (Å²) >= 11 is 0. The maximum absolute atomic E-state index is 13.3. The van der Waals surface area contributed by atoms with Crippen LogP contribution in [-0.4, -0.2) is 73.8 Å². The molecule has 1 fully saturated rings. The summed E-state index contributed by atoms with van der Waals surface area (Å²) in [6.45, 7) is 1.31. The summed E-state index contributed by atoms with van der Waals surface area (Å²) in [4.78, 5) is 26.6. The van der Waals surface area contributed by atoms with Gasteiger partial charge in [0.2, 0.25) is 0 Å². The van der Waals surface area contributed by atoms with Gasteiger partial charge in [0.1, 0.15) is 17.6 Å². The molecule has 0 unspecified atom stereocenters. The maximum Gasteiger partial charge on any atom is 0.198 e. The molecule has 35 heavy (non-hydrogen) atoms. The number of ether oxygens (including phenoxy) is 2. The molecule has 7 N–H and O–H groups in total. The molecular formula is C25H27NO9. The first-order valence-corrected chi connectivity index (χ1v) is 11.4. The van der Waals surface area contributed by atoms with E-state index in [1.54, 1.807) is 12.1 Å². The van der Waals surface area contributed by atoms with Gasteiger partial charge in [0.25, 0.3) is 0 Å². The zero-order chi connectivity index (χ0) is 25.2. The van der Waals surface area contributed by atoms with E-state index in [-0.39, 0.29) is 59.3 Å². The van der Waals surface area contributed by atoms with E-state index in [4.69, 9.17) is 15.2 Å². The van der Waals surface area contributed by atoms with Crippen molar-refractivity contribution in [1.29, 1.82) is 0 Å². The van der Waals surface area contributed by atoms with E-state index in [9.17, 15) is 35.1 Å². The van der Waals surface area contributed by atoms with Gasteiger partial charge in [-0.2, -0.15) is 0 Å². The topological polar surface area (TPSA) is 180 Å². The Morgan fingerprint density at radius 2 is 1.66 bits per heavy atom. The molecule has 0 saturated carbocycles. The first-order chi connectivity index (χ1) is 16.5. The molecule has 10 heteroatoms. The van der Waals surface area contributed by atoms with E-state index in [2.05, 4.69) is 0 Å². The fraction of sp³-hybridized carbons (Fsp3) is 0.440. The van der Waals surface area contributed by atoms with Crippen LogP contribution in [0, 0.1) is 0 Å². The lowest BCUT2D eigenvalue weighted by molar-refractivity contribution is -0.239. The fourth-order valence-corrected chi connectivity index (χ4v) is 5.21. The highest BCUT2D eigenvalue weighted by molar-refractivity contribution is 6.30. The van der Waals surface area contributed by atoms with Gasteiger partial charge in [-0.25, -0.2) is 0 Å². The summed E-state index contributed by atoms with van der Waals surface area (Å²) in [5.41, 5.74) is 4.95. The Labute approximate surface area is 200 Å². The number of aliphatic hydroxyl groups is 3. The third kappa shape index (κ3) is 3.65. The Balaban J connectivity index is 1.66. The van der Waals surface area contributed by atoms with Crippen molar-refractivity contribution in [1.82, 2.24) is 0 Å². The first kappa shape index (κ1) is 23.9. The number of carbonyl (C=O) groups excluding carboxylic acids is 2. The predicted molar refractivity (Wildman–Crippen MR) is 120 cm³/mol. The van der Waals surface area contributed by atoms with Crippen molar-refractivity contribution in [2.45, 2.75) is 62.4 Å². The van der Waals surface area contributed by atoms with E-state index < -0.39 is 59.3 Å². The van der Waals surface area contributed by atoms with E-state index in [0.717, 1.165) is 0 Å². The molecule has 0 radical (unpaired) electrons. The molecule has 1 saturated heterocycles. The molecule has 5 rings (SSSR count). The quantitative estimate of drug-likeness (QED) is 0.285. The summed E-state index contributed by atoms with van der Waals surface area (Å²) in [6.07, 6.45) is -5.45. The molecule has 0 amide bonds. The predicted octanol–water partition coefficient (Wildman–Crippen LogP) is 0.424. The van der Waals surface area contributed by atoms with Crippen LogP contribution in [-0.2, 0) is 15.9 Å². The number of phenolic OH excluding ortho intramolecular Hbond substituents is 2.